The number of carboxylic acids is 1. The van der Waals surface area contributed by atoms with Crippen molar-refractivity contribution in [3.8, 4) is 5.75 Å². The average molecular weight is 392 g/mol. The fraction of sp³-hybridized carbons (Fsp3) is 0.250. The third-order valence-electron chi connectivity index (χ3n) is 1.74. The number of aliphatic carboxylic acids is 1. The first kappa shape index (κ1) is 15.4. The van der Waals surface area contributed by atoms with E-state index in [0.717, 1.165) is 0 Å². The smallest absolute Gasteiger partial charge is 0.481 e. The van der Waals surface area contributed by atoms with Crippen molar-refractivity contribution >= 4 is 34.4 Å². The summed E-state index contributed by atoms with van der Waals surface area (Å²) in [5.41, 5.74) is -0.113. The molecule has 0 saturated carbocycles. The number of rotatable bonds is 4. The van der Waals surface area contributed by atoms with Crippen LogP contribution in [-0.2, 0) is 11.2 Å². The molecule has 0 bridgehead atoms. The van der Waals surface area contributed by atoms with Crippen molar-refractivity contribution in [2.75, 3.05) is 0 Å². The van der Waals surface area contributed by atoms with E-state index in [1.165, 1.54) is 22.6 Å². The largest absolute Gasteiger partial charge is 0.573 e. The summed E-state index contributed by atoms with van der Waals surface area (Å²) in [5, 5.41) is 19.1. The Hall–Kier alpha value is -1.66. The minimum absolute atomic E-state index is 0.0822. The second-order valence-electron chi connectivity index (χ2n) is 3.14. The molecule has 1 heterocycles. The molecule has 1 rings (SSSR count). The summed E-state index contributed by atoms with van der Waals surface area (Å²) >= 11 is 1.49. The van der Waals surface area contributed by atoms with E-state index in [9.17, 15) is 28.1 Å². The standard InChI is InChI=1S/C8H4F3IN2O5/c9-8(10,11)19-4-1-3(2-5(15)16)6(12)13-7(4)14(17)18/h1H,2H2,(H,15,16). The quantitative estimate of drug-likeness (QED) is 0.365. The highest BCUT2D eigenvalue weighted by molar-refractivity contribution is 14.1. The molecular formula is C8H4F3IN2O5. The summed E-state index contributed by atoms with van der Waals surface area (Å²) < 4.78 is 39.7. The van der Waals surface area contributed by atoms with Crippen LogP contribution < -0.4 is 4.74 Å². The van der Waals surface area contributed by atoms with Gasteiger partial charge < -0.3 is 20.0 Å². The Balaban J connectivity index is 3.31. The van der Waals surface area contributed by atoms with Gasteiger partial charge in [-0.1, -0.05) is 0 Å². The zero-order chi connectivity index (χ0) is 14.8. The van der Waals surface area contributed by atoms with Crippen LogP contribution in [0.3, 0.4) is 0 Å². The Morgan fingerprint density at radius 3 is 2.58 bits per heavy atom. The number of halogens is 4. The lowest BCUT2D eigenvalue weighted by atomic mass is 10.2. The van der Waals surface area contributed by atoms with Crippen LogP contribution in [0.5, 0.6) is 5.75 Å². The lowest BCUT2D eigenvalue weighted by molar-refractivity contribution is -0.393. The monoisotopic (exact) mass is 392 g/mol. The number of carboxylic acid groups (broad SMARTS) is 1. The Kier molecular flexibility index (Phi) is 4.49. The number of hydrogen-bond acceptors (Lipinski definition) is 5. The molecule has 0 amide bonds. The molecule has 0 radical (unpaired) electrons. The molecule has 1 aromatic heterocycles. The lowest BCUT2D eigenvalue weighted by Crippen LogP contribution is -2.19. The molecule has 0 fully saturated rings. The van der Waals surface area contributed by atoms with Crippen LogP contribution in [0.25, 0.3) is 0 Å². The van der Waals surface area contributed by atoms with Gasteiger partial charge in [-0.3, -0.25) is 4.79 Å². The topological polar surface area (TPSA) is 103 Å². The minimum atomic E-state index is -5.14. The number of nitrogens with zero attached hydrogens (tertiary/aromatic N) is 2. The Bertz CT molecular complexity index is 534. The van der Waals surface area contributed by atoms with Crippen LogP contribution in [0.2, 0.25) is 0 Å². The summed E-state index contributed by atoms with van der Waals surface area (Å²) in [4.78, 5) is 23.2. The van der Waals surface area contributed by atoms with Gasteiger partial charge in [0.2, 0.25) is 9.45 Å². The molecule has 0 saturated heterocycles. The first-order valence-electron chi connectivity index (χ1n) is 4.41. The third kappa shape index (κ3) is 4.50. The van der Waals surface area contributed by atoms with E-state index < -0.39 is 35.2 Å². The van der Waals surface area contributed by atoms with E-state index in [-0.39, 0.29) is 9.26 Å². The van der Waals surface area contributed by atoms with Crippen LogP contribution in [0.1, 0.15) is 5.56 Å². The maximum Gasteiger partial charge on any atom is 0.573 e. The minimum Gasteiger partial charge on any atom is -0.481 e. The summed E-state index contributed by atoms with van der Waals surface area (Å²) in [6.07, 6.45) is -5.77. The van der Waals surface area contributed by atoms with Crippen LogP contribution in [0.15, 0.2) is 6.07 Å². The van der Waals surface area contributed by atoms with Crippen molar-refractivity contribution in [1.82, 2.24) is 4.98 Å². The fourth-order valence-corrected chi connectivity index (χ4v) is 1.69. The molecule has 0 spiro atoms. The Morgan fingerprint density at radius 2 is 2.16 bits per heavy atom. The summed E-state index contributed by atoms with van der Waals surface area (Å²) in [6.45, 7) is 0. The molecule has 1 aromatic rings. The molecule has 0 aliphatic carbocycles. The van der Waals surface area contributed by atoms with Crippen LogP contribution >= 0.6 is 22.6 Å². The van der Waals surface area contributed by atoms with Crippen LogP contribution in [-0.4, -0.2) is 27.3 Å². The summed E-state index contributed by atoms with van der Waals surface area (Å²) in [6, 6.07) is 0.647. The van der Waals surface area contributed by atoms with E-state index in [2.05, 4.69) is 9.72 Å². The molecular weight excluding hydrogens is 388 g/mol. The van der Waals surface area contributed by atoms with Gasteiger partial charge in [0.05, 0.1) is 6.42 Å². The molecule has 0 atom stereocenters. The SMILES string of the molecule is O=C(O)Cc1cc(OC(F)(F)F)c([N+](=O)[O-])nc1I. The van der Waals surface area contributed by atoms with E-state index in [4.69, 9.17) is 5.11 Å². The van der Waals surface area contributed by atoms with Gasteiger partial charge in [0, 0.05) is 28.2 Å². The van der Waals surface area contributed by atoms with Gasteiger partial charge in [-0.15, -0.1) is 13.2 Å². The van der Waals surface area contributed by atoms with Gasteiger partial charge in [-0.25, -0.2) is 0 Å². The zero-order valence-corrected chi connectivity index (χ0v) is 10.9. The van der Waals surface area contributed by atoms with Gasteiger partial charge in [-0.05, 0) is 16.0 Å². The number of nitro groups is 1. The second kappa shape index (κ2) is 5.54. The van der Waals surface area contributed by atoms with Crippen molar-refractivity contribution in [2.45, 2.75) is 12.8 Å². The van der Waals surface area contributed by atoms with Crippen molar-refractivity contribution in [3.63, 3.8) is 0 Å². The molecule has 0 aromatic carbocycles. The highest BCUT2D eigenvalue weighted by atomic mass is 127. The molecule has 0 aliphatic heterocycles. The number of ether oxygens (including phenoxy) is 1. The Labute approximate surface area is 116 Å². The van der Waals surface area contributed by atoms with Crippen LogP contribution in [0.4, 0.5) is 19.0 Å². The molecule has 11 heteroatoms. The van der Waals surface area contributed by atoms with Gasteiger partial charge in [0.15, 0.2) is 0 Å². The van der Waals surface area contributed by atoms with E-state index in [1.807, 2.05) is 0 Å². The van der Waals surface area contributed by atoms with E-state index in [0.29, 0.717) is 6.07 Å². The maximum atomic E-state index is 12.1. The Morgan fingerprint density at radius 1 is 1.58 bits per heavy atom. The molecule has 7 nitrogen and oxygen atoms in total. The van der Waals surface area contributed by atoms with Crippen molar-refractivity contribution < 1.29 is 32.7 Å². The summed E-state index contributed by atoms with van der Waals surface area (Å²) in [5.74, 6) is -3.59. The van der Waals surface area contributed by atoms with E-state index in [1.54, 1.807) is 0 Å². The van der Waals surface area contributed by atoms with Crippen LogP contribution in [0, 0.1) is 13.8 Å². The van der Waals surface area contributed by atoms with Gasteiger partial charge in [-0.2, -0.15) is 0 Å². The molecule has 104 valence electrons. The zero-order valence-electron chi connectivity index (χ0n) is 8.77. The predicted molar refractivity (Wildman–Crippen MR) is 61.6 cm³/mol. The summed E-state index contributed by atoms with van der Waals surface area (Å²) in [7, 11) is 0. The number of carbonyl (C=O) groups is 1. The number of aromatic nitrogens is 1. The van der Waals surface area contributed by atoms with Gasteiger partial charge in [0.1, 0.15) is 0 Å². The fourth-order valence-electron chi connectivity index (χ4n) is 1.12. The van der Waals surface area contributed by atoms with Gasteiger partial charge >= 0.3 is 18.1 Å². The number of hydrogen-bond donors (Lipinski definition) is 1. The predicted octanol–water partition coefficient (Wildman–Crippen LogP) is 2.12. The molecule has 19 heavy (non-hydrogen) atoms. The van der Waals surface area contributed by atoms with Crippen molar-refractivity contribution in [3.05, 3.63) is 25.4 Å². The highest BCUT2D eigenvalue weighted by Gasteiger charge is 2.36. The average Bonchev–Trinajstić information content (AvgIpc) is 2.19. The first-order valence-corrected chi connectivity index (χ1v) is 5.49. The lowest BCUT2D eigenvalue weighted by Gasteiger charge is -2.09. The molecule has 0 aliphatic rings. The second-order valence-corrected chi connectivity index (χ2v) is 4.16. The van der Waals surface area contributed by atoms with Crippen molar-refractivity contribution in [2.24, 2.45) is 0 Å². The highest BCUT2D eigenvalue weighted by Crippen LogP contribution is 2.32. The molecule has 1 N–H and O–H groups in total. The number of pyridine rings is 1. The van der Waals surface area contributed by atoms with Crippen molar-refractivity contribution in [1.29, 1.82) is 0 Å². The first-order chi connectivity index (χ1) is 8.60. The molecule has 0 unspecified atom stereocenters. The van der Waals surface area contributed by atoms with Gasteiger partial charge in [0.25, 0.3) is 0 Å². The maximum absolute atomic E-state index is 12.1. The third-order valence-corrected chi connectivity index (χ3v) is 2.67. The van der Waals surface area contributed by atoms with E-state index >= 15 is 0 Å². The normalized spacial score (nSPS) is 11.2. The number of alkyl halides is 3.